The molecule has 0 radical (unpaired) electrons. The highest BCUT2D eigenvalue weighted by molar-refractivity contribution is 6.33. The number of carbonyl (C=O) groups excluding carboxylic acids is 1. The molecule has 0 aliphatic carbocycles. The van der Waals surface area contributed by atoms with Crippen molar-refractivity contribution in [3.63, 3.8) is 0 Å². The number of benzene rings is 1. The van der Waals surface area contributed by atoms with Crippen LogP contribution in [0.3, 0.4) is 0 Å². The summed E-state index contributed by atoms with van der Waals surface area (Å²) in [6.07, 6.45) is 2.38. The standard InChI is InChI=1S/C15H18ClFN2O/c1-4-5-12-14(9(2)3)18-15(20)19(12)13-8-10(17)6-7-11(13)16/h4,6-9,12,14H,1,5H2,2-3H3,(H,18,20). The van der Waals surface area contributed by atoms with E-state index in [1.165, 1.54) is 23.1 Å². The average Bonchev–Trinajstić information content (AvgIpc) is 2.70. The van der Waals surface area contributed by atoms with E-state index in [0.29, 0.717) is 17.1 Å². The molecule has 1 aliphatic rings. The molecule has 1 N–H and O–H groups in total. The number of urea groups is 1. The maximum absolute atomic E-state index is 13.5. The number of carbonyl (C=O) groups is 1. The predicted octanol–water partition coefficient (Wildman–Crippen LogP) is 3.98. The quantitative estimate of drug-likeness (QED) is 0.838. The third-order valence-electron chi connectivity index (χ3n) is 3.55. The first kappa shape index (κ1) is 14.9. The topological polar surface area (TPSA) is 32.3 Å². The summed E-state index contributed by atoms with van der Waals surface area (Å²) in [4.78, 5) is 13.8. The van der Waals surface area contributed by atoms with Gasteiger partial charge in [-0.05, 0) is 30.5 Å². The summed E-state index contributed by atoms with van der Waals surface area (Å²) in [5.74, 6) is -0.149. The SMILES string of the molecule is C=CCC1C(C(C)C)NC(=O)N1c1cc(F)ccc1Cl. The van der Waals surface area contributed by atoms with Gasteiger partial charge in [-0.15, -0.1) is 6.58 Å². The van der Waals surface area contributed by atoms with Crippen molar-refractivity contribution in [3.8, 4) is 0 Å². The van der Waals surface area contributed by atoms with Gasteiger partial charge in [0.1, 0.15) is 5.82 Å². The molecule has 0 aromatic heterocycles. The van der Waals surface area contributed by atoms with Gasteiger partial charge in [0.05, 0.1) is 22.8 Å². The molecule has 1 heterocycles. The van der Waals surface area contributed by atoms with E-state index in [-0.39, 0.29) is 24.0 Å². The normalized spacial score (nSPS) is 22.2. The molecular weight excluding hydrogens is 279 g/mol. The minimum Gasteiger partial charge on any atom is -0.333 e. The summed E-state index contributed by atoms with van der Waals surface area (Å²) in [6.45, 7) is 7.82. The number of halogens is 2. The van der Waals surface area contributed by atoms with E-state index in [1.54, 1.807) is 6.08 Å². The number of hydrogen-bond donors (Lipinski definition) is 1. The Hall–Kier alpha value is -1.55. The predicted molar refractivity (Wildman–Crippen MR) is 79.6 cm³/mol. The van der Waals surface area contributed by atoms with Crippen LogP contribution in [0.2, 0.25) is 5.02 Å². The largest absolute Gasteiger partial charge is 0.333 e. The van der Waals surface area contributed by atoms with Gasteiger partial charge in [-0.25, -0.2) is 9.18 Å². The van der Waals surface area contributed by atoms with Crippen molar-refractivity contribution >= 4 is 23.3 Å². The van der Waals surface area contributed by atoms with Gasteiger partial charge >= 0.3 is 6.03 Å². The molecular formula is C15H18ClFN2O. The van der Waals surface area contributed by atoms with Crippen LogP contribution in [0, 0.1) is 11.7 Å². The highest BCUT2D eigenvalue weighted by Crippen LogP contribution is 2.34. The number of rotatable bonds is 4. The Morgan fingerprint density at radius 1 is 1.55 bits per heavy atom. The summed E-state index contributed by atoms with van der Waals surface area (Å²) < 4.78 is 13.5. The monoisotopic (exact) mass is 296 g/mol. The van der Waals surface area contributed by atoms with E-state index >= 15 is 0 Å². The fourth-order valence-electron chi connectivity index (χ4n) is 2.61. The smallest absolute Gasteiger partial charge is 0.322 e. The van der Waals surface area contributed by atoms with Gasteiger partial charge in [0, 0.05) is 0 Å². The van der Waals surface area contributed by atoms with Crippen LogP contribution >= 0.6 is 11.6 Å². The number of amides is 2. The molecule has 1 aliphatic heterocycles. The van der Waals surface area contributed by atoms with Crippen LogP contribution in [0.1, 0.15) is 20.3 Å². The minimum absolute atomic E-state index is 0.0140. The molecule has 1 aromatic rings. The van der Waals surface area contributed by atoms with E-state index in [4.69, 9.17) is 11.6 Å². The van der Waals surface area contributed by atoms with Gasteiger partial charge in [-0.1, -0.05) is 31.5 Å². The maximum atomic E-state index is 13.5. The molecule has 2 rings (SSSR count). The second-order valence-electron chi connectivity index (χ2n) is 5.28. The summed E-state index contributed by atoms with van der Waals surface area (Å²) >= 11 is 6.12. The van der Waals surface area contributed by atoms with Crippen LogP contribution in [0.15, 0.2) is 30.9 Å². The first-order valence-electron chi connectivity index (χ1n) is 6.61. The van der Waals surface area contributed by atoms with Crippen molar-refractivity contribution in [2.75, 3.05) is 4.90 Å². The number of anilines is 1. The van der Waals surface area contributed by atoms with Gasteiger partial charge in [-0.2, -0.15) is 0 Å². The Kier molecular flexibility index (Phi) is 4.33. The van der Waals surface area contributed by atoms with Gasteiger partial charge in [-0.3, -0.25) is 4.90 Å². The van der Waals surface area contributed by atoms with E-state index in [0.717, 1.165) is 0 Å². The van der Waals surface area contributed by atoms with Crippen molar-refractivity contribution in [1.29, 1.82) is 0 Å². The van der Waals surface area contributed by atoms with Crippen molar-refractivity contribution in [1.82, 2.24) is 5.32 Å². The van der Waals surface area contributed by atoms with Crippen LogP contribution in [0.5, 0.6) is 0 Å². The van der Waals surface area contributed by atoms with E-state index < -0.39 is 5.82 Å². The molecule has 0 spiro atoms. The highest BCUT2D eigenvalue weighted by atomic mass is 35.5. The Bertz CT molecular complexity index is 533. The van der Waals surface area contributed by atoms with Crippen LogP contribution in [-0.2, 0) is 0 Å². The molecule has 2 amide bonds. The van der Waals surface area contributed by atoms with E-state index in [1.807, 2.05) is 13.8 Å². The molecule has 1 fully saturated rings. The number of nitrogens with zero attached hydrogens (tertiary/aromatic N) is 1. The molecule has 3 nitrogen and oxygen atoms in total. The maximum Gasteiger partial charge on any atom is 0.322 e. The molecule has 0 saturated carbocycles. The molecule has 0 bridgehead atoms. The van der Waals surface area contributed by atoms with Crippen LogP contribution in [0.4, 0.5) is 14.9 Å². The Labute approximate surface area is 123 Å². The molecule has 1 aromatic carbocycles. The van der Waals surface area contributed by atoms with Crippen molar-refractivity contribution < 1.29 is 9.18 Å². The summed E-state index contributed by atoms with van der Waals surface area (Å²) in [6, 6.07) is 3.66. The van der Waals surface area contributed by atoms with Gasteiger partial charge in [0.15, 0.2) is 0 Å². The zero-order valence-corrected chi connectivity index (χ0v) is 12.3. The Morgan fingerprint density at radius 3 is 2.85 bits per heavy atom. The van der Waals surface area contributed by atoms with E-state index in [2.05, 4.69) is 11.9 Å². The van der Waals surface area contributed by atoms with Crippen molar-refractivity contribution in [3.05, 3.63) is 41.7 Å². The van der Waals surface area contributed by atoms with Crippen LogP contribution < -0.4 is 10.2 Å². The summed E-state index contributed by atoms with van der Waals surface area (Å²) in [5.41, 5.74) is 0.402. The first-order valence-corrected chi connectivity index (χ1v) is 6.99. The number of hydrogen-bond acceptors (Lipinski definition) is 1. The average molecular weight is 297 g/mol. The van der Waals surface area contributed by atoms with E-state index in [9.17, 15) is 9.18 Å². The van der Waals surface area contributed by atoms with Gasteiger partial charge in [0.25, 0.3) is 0 Å². The van der Waals surface area contributed by atoms with Gasteiger partial charge in [0.2, 0.25) is 0 Å². The Balaban J connectivity index is 2.44. The second kappa shape index (κ2) is 5.83. The lowest BCUT2D eigenvalue weighted by Gasteiger charge is -2.28. The summed E-state index contributed by atoms with van der Waals surface area (Å²) in [7, 11) is 0. The fourth-order valence-corrected chi connectivity index (χ4v) is 2.82. The third kappa shape index (κ3) is 2.66. The van der Waals surface area contributed by atoms with Gasteiger partial charge < -0.3 is 5.32 Å². The minimum atomic E-state index is -0.414. The highest BCUT2D eigenvalue weighted by Gasteiger charge is 2.41. The lowest BCUT2D eigenvalue weighted by Crippen LogP contribution is -2.39. The molecule has 2 atom stereocenters. The molecule has 5 heteroatoms. The van der Waals surface area contributed by atoms with Crippen LogP contribution in [0.25, 0.3) is 0 Å². The molecule has 1 saturated heterocycles. The lowest BCUT2D eigenvalue weighted by molar-refractivity contribution is 0.249. The summed E-state index contributed by atoms with van der Waals surface area (Å²) in [5, 5.41) is 3.30. The number of nitrogens with one attached hydrogen (secondary N) is 1. The second-order valence-corrected chi connectivity index (χ2v) is 5.68. The van der Waals surface area contributed by atoms with Crippen LogP contribution in [-0.4, -0.2) is 18.1 Å². The third-order valence-corrected chi connectivity index (χ3v) is 3.87. The lowest BCUT2D eigenvalue weighted by atomic mass is 9.95. The van der Waals surface area contributed by atoms with Crippen molar-refractivity contribution in [2.45, 2.75) is 32.4 Å². The molecule has 20 heavy (non-hydrogen) atoms. The Morgan fingerprint density at radius 2 is 2.25 bits per heavy atom. The molecule has 2 unspecified atom stereocenters. The first-order chi connectivity index (χ1) is 9.45. The fraction of sp³-hybridized carbons (Fsp3) is 0.400. The zero-order chi connectivity index (χ0) is 14.9. The molecule has 108 valence electrons. The zero-order valence-electron chi connectivity index (χ0n) is 11.6. The van der Waals surface area contributed by atoms with Crippen molar-refractivity contribution in [2.24, 2.45) is 5.92 Å².